The van der Waals surface area contributed by atoms with Crippen molar-refractivity contribution in [1.82, 2.24) is 15.2 Å². The van der Waals surface area contributed by atoms with Crippen molar-refractivity contribution in [3.8, 4) is 17.2 Å². The molecule has 2 aromatic heterocycles. The third-order valence-corrected chi connectivity index (χ3v) is 10.7. The summed E-state index contributed by atoms with van der Waals surface area (Å²) >= 11 is 14.1. The number of benzene rings is 2. The zero-order chi connectivity index (χ0) is 34.5. The van der Waals surface area contributed by atoms with E-state index in [1.807, 2.05) is 6.07 Å². The Kier molecular flexibility index (Phi) is 11.3. The van der Waals surface area contributed by atoms with E-state index < -0.39 is 24.1 Å². The largest absolute Gasteiger partial charge is 0.508 e. The molecule has 0 spiro atoms. The molecule has 5 heterocycles. The van der Waals surface area contributed by atoms with Gasteiger partial charge in [-0.25, -0.2) is 9.59 Å². The Balaban J connectivity index is 1.18. The van der Waals surface area contributed by atoms with Gasteiger partial charge in [0.05, 0.1) is 24.3 Å². The minimum atomic E-state index is -0.815. The maximum Gasteiger partial charge on any atom is 0.348 e. The van der Waals surface area contributed by atoms with Crippen molar-refractivity contribution in [3.63, 3.8) is 0 Å². The lowest BCUT2D eigenvalue weighted by atomic mass is 9.86. The van der Waals surface area contributed by atoms with Gasteiger partial charge in [0.15, 0.2) is 11.5 Å². The van der Waals surface area contributed by atoms with Gasteiger partial charge in [-0.2, -0.15) is 0 Å². The topological polar surface area (TPSA) is 119 Å². The predicted molar refractivity (Wildman–Crippen MR) is 187 cm³/mol. The summed E-state index contributed by atoms with van der Waals surface area (Å²) in [4.78, 5) is 34.7. The fourth-order valence-electron chi connectivity index (χ4n) is 6.37. The van der Waals surface area contributed by atoms with Gasteiger partial charge in [0.1, 0.15) is 28.9 Å². The smallest absolute Gasteiger partial charge is 0.348 e. The van der Waals surface area contributed by atoms with Crippen LogP contribution in [0.15, 0.2) is 67.0 Å². The molecule has 3 aliphatic heterocycles. The molecule has 3 saturated heterocycles. The highest BCUT2D eigenvalue weighted by atomic mass is 35.5. The van der Waals surface area contributed by atoms with E-state index >= 15 is 0 Å². The molecule has 258 valence electrons. The van der Waals surface area contributed by atoms with Gasteiger partial charge < -0.3 is 24.1 Å². The number of pyridine rings is 1. The second-order valence-electron chi connectivity index (χ2n) is 12.1. The van der Waals surface area contributed by atoms with Crippen LogP contribution >= 0.6 is 34.5 Å². The summed E-state index contributed by atoms with van der Waals surface area (Å²) in [6.45, 7) is 3.09. The molecule has 2 aromatic carbocycles. The van der Waals surface area contributed by atoms with Crippen LogP contribution in [0.5, 0.6) is 17.2 Å². The highest BCUT2D eigenvalue weighted by Crippen LogP contribution is 2.36. The molecule has 7 rings (SSSR count). The molecular formula is C36H37Cl2N3O7S. The lowest BCUT2D eigenvalue weighted by molar-refractivity contribution is -0.161. The zero-order valence-corrected chi connectivity index (χ0v) is 29.4. The van der Waals surface area contributed by atoms with Crippen molar-refractivity contribution in [2.24, 2.45) is 5.92 Å². The molecule has 10 nitrogen and oxygen atoms in total. The Hall–Kier alpha value is -3.87. The van der Waals surface area contributed by atoms with E-state index in [4.69, 9.17) is 42.1 Å². The highest BCUT2D eigenvalue weighted by Gasteiger charge is 2.38. The number of rotatable bonds is 13. The zero-order valence-electron chi connectivity index (χ0n) is 27.1. The van der Waals surface area contributed by atoms with Gasteiger partial charge in [0.2, 0.25) is 0 Å². The van der Waals surface area contributed by atoms with Crippen molar-refractivity contribution in [1.29, 1.82) is 0 Å². The van der Waals surface area contributed by atoms with Gasteiger partial charge in [0, 0.05) is 36.8 Å². The van der Waals surface area contributed by atoms with E-state index in [0.29, 0.717) is 49.0 Å². The van der Waals surface area contributed by atoms with Gasteiger partial charge in [-0.15, -0.1) is 11.3 Å². The molecule has 0 amide bonds. The lowest BCUT2D eigenvalue weighted by Gasteiger charge is -2.44. The van der Waals surface area contributed by atoms with Crippen molar-refractivity contribution in [2.45, 2.75) is 44.1 Å². The van der Waals surface area contributed by atoms with Crippen LogP contribution in [-0.2, 0) is 27.2 Å². The summed E-state index contributed by atoms with van der Waals surface area (Å²) in [5.74, 6) is 0.488. The first-order chi connectivity index (χ1) is 23.7. The van der Waals surface area contributed by atoms with Crippen LogP contribution in [0.3, 0.4) is 0 Å². The summed E-state index contributed by atoms with van der Waals surface area (Å²) < 4.78 is 23.0. The summed E-state index contributed by atoms with van der Waals surface area (Å²) in [5, 5.41) is 14.2. The fraction of sp³-hybridized carbons (Fsp3) is 0.361. The maximum atomic E-state index is 13.6. The van der Waals surface area contributed by atoms with Crippen LogP contribution in [-0.4, -0.2) is 66.9 Å². The quantitative estimate of drug-likeness (QED) is 0.143. The monoisotopic (exact) mass is 725 g/mol. The van der Waals surface area contributed by atoms with Gasteiger partial charge in [-0.1, -0.05) is 41.4 Å². The molecular weight excluding hydrogens is 689 g/mol. The van der Waals surface area contributed by atoms with Gasteiger partial charge in [-0.3, -0.25) is 15.2 Å². The van der Waals surface area contributed by atoms with Crippen molar-refractivity contribution in [3.05, 3.63) is 103 Å². The fourth-order valence-corrected chi connectivity index (χ4v) is 7.74. The molecule has 2 N–H and O–H groups in total. The van der Waals surface area contributed by atoms with E-state index in [0.717, 1.165) is 37.4 Å². The molecule has 4 aromatic rings. The number of phenolic OH excluding ortho intramolecular Hbond substituents is 1. The second kappa shape index (κ2) is 15.8. The van der Waals surface area contributed by atoms with E-state index in [-0.39, 0.29) is 24.8 Å². The number of hydrogen-bond acceptors (Lipinski definition) is 11. The third-order valence-electron chi connectivity index (χ3n) is 9.02. The Morgan fingerprint density at radius 2 is 1.76 bits per heavy atom. The lowest BCUT2D eigenvalue weighted by Crippen LogP contribution is -2.52. The third kappa shape index (κ3) is 8.30. The van der Waals surface area contributed by atoms with Crippen LogP contribution in [0.4, 0.5) is 0 Å². The van der Waals surface area contributed by atoms with E-state index in [1.54, 1.807) is 55.6 Å². The summed E-state index contributed by atoms with van der Waals surface area (Å²) in [6.07, 6.45) is 4.28. The molecule has 1 unspecified atom stereocenters. The standard InChI is InChI=1S/C36H37Cl2N3O7S/c1-45-29-8-6-22(15-31(29)46-2)30(16-26-27(37)18-39-19-28(26)38)47-35(43)33-9-7-25(49-33)17-40-34(23-4-3-5-24(42)14-23)36(44)48-32-20-41-12-10-21(32)11-13-41/h3-9,14-15,18-19,21,30,32,34,40,42H,10-13,16-17,20H2,1-2H3/t30-,32-,34?/m0/s1. The molecule has 0 aliphatic carbocycles. The predicted octanol–water partition coefficient (Wildman–Crippen LogP) is 6.78. The Labute approximate surface area is 298 Å². The number of aromatic hydroxyl groups is 1. The van der Waals surface area contributed by atoms with Crippen LogP contribution < -0.4 is 14.8 Å². The van der Waals surface area contributed by atoms with Crippen LogP contribution in [0.1, 0.15) is 56.2 Å². The number of nitrogens with zero attached hydrogens (tertiary/aromatic N) is 2. The van der Waals surface area contributed by atoms with E-state index in [9.17, 15) is 14.7 Å². The maximum absolute atomic E-state index is 13.6. The van der Waals surface area contributed by atoms with Crippen molar-refractivity contribution in [2.75, 3.05) is 33.9 Å². The minimum absolute atomic E-state index is 0.0551. The number of piperidine rings is 3. The number of ether oxygens (including phenoxy) is 4. The Morgan fingerprint density at radius 1 is 1.00 bits per heavy atom. The first-order valence-electron chi connectivity index (χ1n) is 16.0. The molecule has 3 aliphatic rings. The van der Waals surface area contributed by atoms with Crippen molar-refractivity contribution >= 4 is 46.5 Å². The number of methoxy groups -OCH3 is 2. The van der Waals surface area contributed by atoms with Gasteiger partial charge >= 0.3 is 11.9 Å². The summed E-state index contributed by atoms with van der Waals surface area (Å²) in [7, 11) is 3.07. The number of hydrogen-bond donors (Lipinski definition) is 2. The number of carbonyl (C=O) groups excluding carboxylic acids is 2. The number of thiophene rings is 1. The van der Waals surface area contributed by atoms with E-state index in [2.05, 4.69) is 15.2 Å². The normalized spacial score (nSPS) is 19.6. The number of nitrogens with one attached hydrogen (secondary N) is 1. The number of esters is 2. The minimum Gasteiger partial charge on any atom is -0.508 e. The molecule has 3 fully saturated rings. The SMILES string of the molecule is COc1ccc([C@H](Cc2c(Cl)cncc2Cl)OC(=O)c2ccc(CNC(C(=O)O[C@H]3CN4CCC3CC4)c3cccc(O)c3)s2)cc1OC. The molecule has 49 heavy (non-hydrogen) atoms. The number of phenols is 1. The number of carbonyl (C=O) groups is 2. The molecule has 13 heteroatoms. The first-order valence-corrected chi connectivity index (χ1v) is 17.5. The number of halogens is 2. The average Bonchev–Trinajstić information content (AvgIpc) is 3.59. The summed E-state index contributed by atoms with van der Waals surface area (Å²) in [5.41, 5.74) is 1.84. The summed E-state index contributed by atoms with van der Waals surface area (Å²) in [6, 6.07) is 14.6. The van der Waals surface area contributed by atoms with Crippen molar-refractivity contribution < 1.29 is 33.6 Å². The number of aromatic nitrogens is 1. The number of fused-ring (bicyclic) bond motifs is 3. The van der Waals surface area contributed by atoms with Crippen LogP contribution in [0.2, 0.25) is 10.0 Å². The average molecular weight is 727 g/mol. The van der Waals surface area contributed by atoms with E-state index in [1.165, 1.54) is 30.8 Å². The second-order valence-corrected chi connectivity index (χ2v) is 14.1. The van der Waals surface area contributed by atoms with Gasteiger partial charge in [-0.05, 0) is 84.9 Å². The van der Waals surface area contributed by atoms with Crippen LogP contribution in [0.25, 0.3) is 0 Å². The Bertz CT molecular complexity index is 1780. The molecule has 0 radical (unpaired) electrons. The highest BCUT2D eigenvalue weighted by molar-refractivity contribution is 7.13. The molecule has 2 bridgehead atoms. The molecule has 0 saturated carbocycles. The first kappa shape index (κ1) is 35.0. The van der Waals surface area contributed by atoms with Crippen LogP contribution in [0, 0.1) is 5.92 Å². The molecule has 3 atom stereocenters. The Morgan fingerprint density at radius 3 is 2.43 bits per heavy atom. The van der Waals surface area contributed by atoms with Gasteiger partial charge in [0.25, 0.3) is 0 Å².